The van der Waals surface area contributed by atoms with Crippen LogP contribution in [0.5, 0.6) is 11.5 Å². The van der Waals surface area contributed by atoms with Crippen LogP contribution in [0.2, 0.25) is 0 Å². The van der Waals surface area contributed by atoms with Crippen molar-refractivity contribution in [1.82, 2.24) is 0 Å². The van der Waals surface area contributed by atoms with E-state index in [9.17, 15) is 9.90 Å². The molecule has 0 unspecified atom stereocenters. The van der Waals surface area contributed by atoms with Gasteiger partial charge in [0.15, 0.2) is 0 Å². The Hall–Kier alpha value is -2.53. The van der Waals surface area contributed by atoms with Crippen molar-refractivity contribution >= 4 is 5.97 Å². The molecule has 0 bridgehead atoms. The molecule has 0 aliphatic carbocycles. The van der Waals surface area contributed by atoms with Crippen molar-refractivity contribution in [3.05, 3.63) is 59.2 Å². The van der Waals surface area contributed by atoms with Crippen LogP contribution < -0.4 is 19.9 Å². The average Bonchev–Trinajstić information content (AvgIpc) is 2.55. The van der Waals surface area contributed by atoms with Gasteiger partial charge in [-0.2, -0.15) is 0 Å². The molecule has 0 aliphatic heterocycles. The van der Waals surface area contributed by atoms with Gasteiger partial charge in [0.25, 0.3) is 0 Å². The van der Waals surface area contributed by atoms with E-state index in [0.717, 1.165) is 35.7 Å². The van der Waals surface area contributed by atoms with Gasteiger partial charge in [0.05, 0.1) is 20.2 Å². The van der Waals surface area contributed by atoms with Crippen molar-refractivity contribution in [2.45, 2.75) is 13.1 Å². The number of ether oxygens (including phenoxy) is 2. The highest BCUT2D eigenvalue weighted by molar-refractivity contribution is 5.85. The predicted molar refractivity (Wildman–Crippen MR) is 79.7 cm³/mol. The zero-order valence-electron chi connectivity index (χ0n) is 12.7. The van der Waals surface area contributed by atoms with Crippen LogP contribution in [-0.4, -0.2) is 20.2 Å². The summed E-state index contributed by atoms with van der Waals surface area (Å²) in [5.41, 5.74) is 2.33. The molecule has 0 saturated carbocycles. The van der Waals surface area contributed by atoms with Crippen molar-refractivity contribution in [1.29, 1.82) is 0 Å². The number of carboxylic acids is 1. The number of benzene rings is 2. The van der Waals surface area contributed by atoms with E-state index in [-0.39, 0.29) is 5.56 Å². The fourth-order valence-corrected chi connectivity index (χ4v) is 2.19. The van der Waals surface area contributed by atoms with Crippen LogP contribution in [0.25, 0.3) is 0 Å². The Morgan fingerprint density at radius 1 is 1.05 bits per heavy atom. The van der Waals surface area contributed by atoms with Crippen molar-refractivity contribution in [3.63, 3.8) is 0 Å². The lowest BCUT2D eigenvalue weighted by molar-refractivity contribution is -0.686. The van der Waals surface area contributed by atoms with Crippen LogP contribution in [0.4, 0.5) is 0 Å². The van der Waals surface area contributed by atoms with E-state index >= 15 is 0 Å². The number of quaternary nitrogens is 1. The van der Waals surface area contributed by atoms with E-state index in [4.69, 9.17) is 9.47 Å². The summed E-state index contributed by atoms with van der Waals surface area (Å²) >= 11 is 0. The minimum absolute atomic E-state index is 0.195. The van der Waals surface area contributed by atoms with Crippen molar-refractivity contribution in [2.75, 3.05) is 14.2 Å². The molecule has 0 fully saturated rings. The number of hydrogen-bond donors (Lipinski definition) is 1. The Morgan fingerprint density at radius 3 is 2.36 bits per heavy atom. The summed E-state index contributed by atoms with van der Waals surface area (Å²) in [4.78, 5) is 10.7. The van der Waals surface area contributed by atoms with Gasteiger partial charge in [0, 0.05) is 17.2 Å². The van der Waals surface area contributed by atoms with Crippen LogP contribution >= 0.6 is 0 Å². The second-order valence-electron chi connectivity index (χ2n) is 4.86. The van der Waals surface area contributed by atoms with Crippen LogP contribution in [0.1, 0.15) is 21.5 Å². The van der Waals surface area contributed by atoms with Crippen molar-refractivity contribution in [2.24, 2.45) is 0 Å². The summed E-state index contributed by atoms with van der Waals surface area (Å²) < 4.78 is 10.5. The van der Waals surface area contributed by atoms with Crippen LogP contribution in [0, 0.1) is 0 Å². The van der Waals surface area contributed by atoms with Gasteiger partial charge < -0.3 is 24.7 Å². The highest BCUT2D eigenvalue weighted by Crippen LogP contribution is 2.23. The van der Waals surface area contributed by atoms with Gasteiger partial charge in [0.2, 0.25) is 0 Å². The molecule has 0 saturated heterocycles. The number of hydrogen-bond acceptors (Lipinski definition) is 4. The summed E-state index contributed by atoms with van der Waals surface area (Å²) in [5.74, 6) is 0.403. The lowest BCUT2D eigenvalue weighted by atomic mass is 10.1. The van der Waals surface area contributed by atoms with Gasteiger partial charge in [-0.05, 0) is 17.7 Å². The molecule has 5 nitrogen and oxygen atoms in total. The van der Waals surface area contributed by atoms with Gasteiger partial charge in [0.1, 0.15) is 24.6 Å². The number of rotatable bonds is 7. The van der Waals surface area contributed by atoms with E-state index in [1.807, 2.05) is 18.2 Å². The summed E-state index contributed by atoms with van der Waals surface area (Å²) in [6, 6.07) is 12.5. The molecule has 2 N–H and O–H groups in total. The highest BCUT2D eigenvalue weighted by Gasteiger charge is 2.07. The number of carboxylic acid groups (broad SMARTS) is 1. The first-order chi connectivity index (χ1) is 10.6. The number of methoxy groups -OCH3 is 2. The number of carbonyl (C=O) groups excluding carboxylic acids is 1. The lowest BCUT2D eigenvalue weighted by Crippen LogP contribution is -2.80. The Kier molecular flexibility index (Phi) is 5.38. The maximum Gasteiger partial charge on any atom is 0.131 e. The monoisotopic (exact) mass is 301 g/mol. The highest BCUT2D eigenvalue weighted by atomic mass is 16.5. The van der Waals surface area contributed by atoms with E-state index in [0.29, 0.717) is 0 Å². The Labute approximate surface area is 129 Å². The van der Waals surface area contributed by atoms with Gasteiger partial charge >= 0.3 is 0 Å². The quantitative estimate of drug-likeness (QED) is 0.800. The van der Waals surface area contributed by atoms with Gasteiger partial charge in [-0.1, -0.05) is 24.3 Å². The molecule has 5 heteroatoms. The Balaban J connectivity index is 1.94. The van der Waals surface area contributed by atoms with E-state index < -0.39 is 5.97 Å². The van der Waals surface area contributed by atoms with Crippen LogP contribution in [0.15, 0.2) is 42.5 Å². The number of nitrogens with two attached hydrogens (primary N) is 1. The molecular weight excluding hydrogens is 282 g/mol. The molecule has 116 valence electrons. The zero-order valence-corrected chi connectivity index (χ0v) is 12.7. The predicted octanol–water partition coefficient (Wildman–Crippen LogP) is 0.331. The maximum absolute atomic E-state index is 10.7. The summed E-state index contributed by atoms with van der Waals surface area (Å²) in [6.07, 6.45) is 0. The van der Waals surface area contributed by atoms with E-state index in [2.05, 4.69) is 5.32 Å². The SMILES string of the molecule is COc1ccc(C[NH2+]Cc2ccc(C(=O)[O-])cc2)c(OC)c1. The third-order valence-electron chi connectivity index (χ3n) is 3.43. The Bertz CT molecular complexity index is 638. The molecule has 2 aromatic carbocycles. The van der Waals surface area contributed by atoms with E-state index in [1.54, 1.807) is 38.5 Å². The molecule has 0 heterocycles. The first-order valence-corrected chi connectivity index (χ1v) is 6.97. The van der Waals surface area contributed by atoms with Crippen LogP contribution in [0.3, 0.4) is 0 Å². The van der Waals surface area contributed by atoms with Gasteiger partial charge in [-0.25, -0.2) is 0 Å². The fourth-order valence-electron chi connectivity index (χ4n) is 2.19. The third-order valence-corrected chi connectivity index (χ3v) is 3.43. The lowest BCUT2D eigenvalue weighted by Gasteiger charge is -2.10. The first kappa shape index (κ1) is 15.9. The van der Waals surface area contributed by atoms with Crippen LogP contribution in [-0.2, 0) is 13.1 Å². The fraction of sp³-hybridized carbons (Fsp3) is 0.235. The number of aromatic carboxylic acids is 1. The second kappa shape index (κ2) is 7.47. The standard InChI is InChI=1S/C17H19NO4/c1-21-15-8-7-14(16(9-15)22-2)11-18-10-12-3-5-13(6-4-12)17(19)20/h3-9,18H,10-11H2,1-2H3,(H,19,20). The van der Waals surface area contributed by atoms with Crippen molar-refractivity contribution in [3.8, 4) is 11.5 Å². The topological polar surface area (TPSA) is 75.2 Å². The smallest absolute Gasteiger partial charge is 0.131 e. The molecule has 2 aromatic rings. The minimum atomic E-state index is -1.15. The van der Waals surface area contributed by atoms with E-state index in [1.165, 1.54) is 0 Å². The molecule has 0 amide bonds. The van der Waals surface area contributed by atoms with Gasteiger partial charge in [-0.3, -0.25) is 0 Å². The largest absolute Gasteiger partial charge is 0.545 e. The van der Waals surface area contributed by atoms with Gasteiger partial charge in [-0.15, -0.1) is 0 Å². The normalized spacial score (nSPS) is 10.3. The average molecular weight is 301 g/mol. The molecule has 0 aliphatic rings. The molecule has 2 rings (SSSR count). The third kappa shape index (κ3) is 3.99. The summed E-state index contributed by atoms with van der Waals surface area (Å²) in [5, 5.41) is 12.8. The maximum atomic E-state index is 10.7. The van der Waals surface area contributed by atoms with Crippen molar-refractivity contribution < 1.29 is 24.7 Å². The zero-order chi connectivity index (χ0) is 15.9. The molecular formula is C17H19NO4. The molecule has 0 atom stereocenters. The first-order valence-electron chi connectivity index (χ1n) is 6.97. The molecule has 0 aromatic heterocycles. The molecule has 22 heavy (non-hydrogen) atoms. The second-order valence-corrected chi connectivity index (χ2v) is 4.86. The summed E-state index contributed by atoms with van der Waals surface area (Å²) in [6.45, 7) is 1.51. The molecule has 0 spiro atoms. The molecule has 0 radical (unpaired) electrons. The summed E-state index contributed by atoms with van der Waals surface area (Å²) in [7, 11) is 3.26. The Morgan fingerprint density at radius 2 is 1.77 bits per heavy atom. The minimum Gasteiger partial charge on any atom is -0.545 e. The number of carbonyl (C=O) groups is 1.